The van der Waals surface area contributed by atoms with Crippen LogP contribution in [0.3, 0.4) is 0 Å². The zero-order chi connectivity index (χ0) is 14.9. The zero-order valence-electron chi connectivity index (χ0n) is 11.7. The molecule has 0 amide bonds. The van der Waals surface area contributed by atoms with E-state index in [4.69, 9.17) is 11.5 Å². The lowest BCUT2D eigenvalue weighted by atomic mass is 9.90. The molecule has 5 nitrogen and oxygen atoms in total. The van der Waals surface area contributed by atoms with Crippen LogP contribution < -0.4 is 16.8 Å². The van der Waals surface area contributed by atoms with E-state index < -0.39 is 5.66 Å². The number of hydrogen-bond donors (Lipinski definition) is 3. The molecule has 1 unspecified atom stereocenters. The molecular formula is C16H17N5. The van der Waals surface area contributed by atoms with Crippen molar-refractivity contribution in [3.8, 4) is 0 Å². The quantitative estimate of drug-likeness (QED) is 0.777. The molecule has 0 aliphatic carbocycles. The van der Waals surface area contributed by atoms with Gasteiger partial charge in [0, 0.05) is 11.1 Å². The zero-order valence-corrected chi connectivity index (χ0v) is 11.7. The number of guanidine groups is 2. The molecule has 0 radical (unpaired) electrons. The Balaban J connectivity index is 2.21. The number of hydrogen-bond acceptors (Lipinski definition) is 5. The highest BCUT2D eigenvalue weighted by molar-refractivity contribution is 5.96. The summed E-state index contributed by atoms with van der Waals surface area (Å²) in [4.78, 5) is 8.51. The fourth-order valence-corrected chi connectivity index (χ4v) is 2.48. The third-order valence-electron chi connectivity index (χ3n) is 3.49. The molecule has 106 valence electrons. The third-order valence-corrected chi connectivity index (χ3v) is 3.49. The van der Waals surface area contributed by atoms with Crippen LogP contribution in [0.1, 0.15) is 16.7 Å². The molecule has 1 atom stereocenters. The maximum atomic E-state index is 5.88. The smallest absolute Gasteiger partial charge is 0.221 e. The summed E-state index contributed by atoms with van der Waals surface area (Å²) in [5.41, 5.74) is 14.0. The second-order valence-corrected chi connectivity index (χ2v) is 5.03. The fraction of sp³-hybridized carbons (Fsp3) is 0.125. The van der Waals surface area contributed by atoms with E-state index in [-0.39, 0.29) is 11.9 Å². The van der Waals surface area contributed by atoms with Gasteiger partial charge in [-0.15, -0.1) is 0 Å². The molecule has 2 aromatic carbocycles. The molecule has 0 saturated heterocycles. The van der Waals surface area contributed by atoms with Crippen LogP contribution in [0.25, 0.3) is 0 Å². The number of aryl methyl sites for hydroxylation is 1. The van der Waals surface area contributed by atoms with Gasteiger partial charge in [-0.1, -0.05) is 60.2 Å². The topological polar surface area (TPSA) is 88.8 Å². The highest BCUT2D eigenvalue weighted by Crippen LogP contribution is 2.32. The van der Waals surface area contributed by atoms with E-state index in [2.05, 4.69) is 15.3 Å². The van der Waals surface area contributed by atoms with Gasteiger partial charge in [0.25, 0.3) is 0 Å². The van der Waals surface area contributed by atoms with Gasteiger partial charge >= 0.3 is 0 Å². The van der Waals surface area contributed by atoms with E-state index in [1.807, 2.05) is 61.5 Å². The van der Waals surface area contributed by atoms with E-state index >= 15 is 0 Å². The lowest BCUT2D eigenvalue weighted by molar-refractivity contribution is 0.492. The maximum Gasteiger partial charge on any atom is 0.221 e. The summed E-state index contributed by atoms with van der Waals surface area (Å²) in [7, 11) is 0. The minimum absolute atomic E-state index is 0.163. The van der Waals surface area contributed by atoms with Crippen molar-refractivity contribution in [3.63, 3.8) is 0 Å². The fourth-order valence-electron chi connectivity index (χ4n) is 2.48. The first-order valence-electron chi connectivity index (χ1n) is 6.70. The second kappa shape index (κ2) is 4.94. The predicted molar refractivity (Wildman–Crippen MR) is 84.8 cm³/mol. The molecule has 21 heavy (non-hydrogen) atoms. The Hall–Kier alpha value is -2.82. The van der Waals surface area contributed by atoms with Gasteiger partial charge < -0.3 is 16.8 Å². The summed E-state index contributed by atoms with van der Waals surface area (Å²) >= 11 is 0. The summed E-state index contributed by atoms with van der Waals surface area (Å²) in [5, 5.41) is 3.17. The first kappa shape index (κ1) is 13.2. The summed E-state index contributed by atoms with van der Waals surface area (Å²) < 4.78 is 0. The van der Waals surface area contributed by atoms with Crippen LogP contribution in [0.4, 0.5) is 0 Å². The maximum absolute atomic E-state index is 5.88. The molecule has 2 aromatic rings. The summed E-state index contributed by atoms with van der Waals surface area (Å²) in [5.74, 6) is 0.419. The minimum atomic E-state index is -0.842. The lowest BCUT2D eigenvalue weighted by Gasteiger charge is -2.34. The number of aliphatic imine (C=N–C) groups is 2. The Morgan fingerprint density at radius 2 is 1.52 bits per heavy atom. The second-order valence-electron chi connectivity index (χ2n) is 5.03. The Morgan fingerprint density at radius 3 is 2.14 bits per heavy atom. The standard InChI is InChI=1S/C16H17N5/c1-11-7-9-13(10-8-11)16(12-5-3-2-4-6-12)20-14(17)19-15(18)21-16/h2-10H,1H3,(H5,17,18,19,20,21). The average molecular weight is 279 g/mol. The van der Waals surface area contributed by atoms with Crippen molar-refractivity contribution in [2.75, 3.05) is 0 Å². The van der Waals surface area contributed by atoms with Gasteiger partial charge in [-0.25, -0.2) is 4.99 Å². The molecule has 3 rings (SSSR count). The van der Waals surface area contributed by atoms with E-state index in [1.165, 1.54) is 5.56 Å². The summed E-state index contributed by atoms with van der Waals surface area (Å²) in [6.07, 6.45) is 0. The van der Waals surface area contributed by atoms with E-state index in [9.17, 15) is 0 Å². The van der Waals surface area contributed by atoms with Gasteiger partial charge in [-0.05, 0) is 6.92 Å². The van der Waals surface area contributed by atoms with Crippen LogP contribution in [0.5, 0.6) is 0 Å². The summed E-state index contributed by atoms with van der Waals surface area (Å²) in [6.45, 7) is 2.04. The molecule has 1 aliphatic heterocycles. The molecule has 0 aromatic heterocycles. The van der Waals surface area contributed by atoms with Crippen LogP contribution in [-0.2, 0) is 5.66 Å². The van der Waals surface area contributed by atoms with Crippen molar-refractivity contribution < 1.29 is 0 Å². The lowest BCUT2D eigenvalue weighted by Crippen LogP contribution is -2.52. The summed E-state index contributed by atoms with van der Waals surface area (Å²) in [6, 6.07) is 18.0. The van der Waals surface area contributed by atoms with Gasteiger partial charge in [0.15, 0.2) is 11.6 Å². The third kappa shape index (κ3) is 2.33. The normalized spacial score (nSPS) is 21.2. The van der Waals surface area contributed by atoms with Crippen molar-refractivity contribution in [1.82, 2.24) is 5.32 Å². The van der Waals surface area contributed by atoms with Gasteiger partial charge in [0.2, 0.25) is 5.96 Å². The Bertz CT molecular complexity index is 703. The molecule has 1 aliphatic rings. The SMILES string of the molecule is Cc1ccc(C2(c3ccccc3)N=C(N)N=C(N)N2)cc1. The van der Waals surface area contributed by atoms with Crippen LogP contribution in [-0.4, -0.2) is 11.9 Å². The Morgan fingerprint density at radius 1 is 0.905 bits per heavy atom. The number of rotatable bonds is 2. The first-order valence-corrected chi connectivity index (χ1v) is 6.70. The highest BCUT2D eigenvalue weighted by atomic mass is 15.3. The van der Waals surface area contributed by atoms with Crippen molar-refractivity contribution >= 4 is 11.9 Å². The van der Waals surface area contributed by atoms with Crippen LogP contribution in [0, 0.1) is 6.92 Å². The molecule has 5 N–H and O–H groups in total. The molecular weight excluding hydrogens is 262 g/mol. The molecule has 0 spiro atoms. The van der Waals surface area contributed by atoms with Crippen LogP contribution in [0.15, 0.2) is 64.6 Å². The van der Waals surface area contributed by atoms with Crippen molar-refractivity contribution in [2.24, 2.45) is 21.5 Å². The first-order chi connectivity index (χ1) is 10.1. The number of nitrogens with one attached hydrogen (secondary N) is 1. The van der Waals surface area contributed by atoms with Crippen LogP contribution >= 0.6 is 0 Å². The van der Waals surface area contributed by atoms with Crippen molar-refractivity contribution in [3.05, 3.63) is 71.3 Å². The molecule has 0 saturated carbocycles. The number of nitrogens with zero attached hydrogens (tertiary/aromatic N) is 2. The monoisotopic (exact) mass is 279 g/mol. The van der Waals surface area contributed by atoms with Gasteiger partial charge in [-0.3, -0.25) is 0 Å². The van der Waals surface area contributed by atoms with Crippen LogP contribution in [0.2, 0.25) is 0 Å². The Kier molecular flexibility index (Phi) is 3.10. The number of nitrogens with two attached hydrogens (primary N) is 2. The minimum Gasteiger partial charge on any atom is -0.370 e. The number of benzene rings is 2. The predicted octanol–water partition coefficient (Wildman–Crippen LogP) is 1.43. The highest BCUT2D eigenvalue weighted by Gasteiger charge is 2.37. The van der Waals surface area contributed by atoms with Crippen molar-refractivity contribution in [2.45, 2.75) is 12.6 Å². The van der Waals surface area contributed by atoms with E-state index in [0.29, 0.717) is 0 Å². The molecule has 5 heteroatoms. The van der Waals surface area contributed by atoms with Gasteiger partial charge in [0.05, 0.1) is 0 Å². The van der Waals surface area contributed by atoms with E-state index in [0.717, 1.165) is 11.1 Å². The average Bonchev–Trinajstić information content (AvgIpc) is 2.47. The van der Waals surface area contributed by atoms with Gasteiger partial charge in [-0.2, -0.15) is 4.99 Å². The molecule has 0 bridgehead atoms. The largest absolute Gasteiger partial charge is 0.370 e. The molecule has 1 heterocycles. The van der Waals surface area contributed by atoms with E-state index in [1.54, 1.807) is 0 Å². The molecule has 0 fully saturated rings. The van der Waals surface area contributed by atoms with Gasteiger partial charge in [0.1, 0.15) is 0 Å². The van der Waals surface area contributed by atoms with Crippen molar-refractivity contribution in [1.29, 1.82) is 0 Å². The Labute approximate surface area is 123 Å².